The third-order valence-electron chi connectivity index (χ3n) is 2.46. The van der Waals surface area contributed by atoms with Gasteiger partial charge in [0.2, 0.25) is 11.0 Å². The fourth-order valence-electron chi connectivity index (χ4n) is 1.14. The van der Waals surface area contributed by atoms with Gasteiger partial charge in [0.05, 0.1) is 5.54 Å². The van der Waals surface area contributed by atoms with Gasteiger partial charge in [-0.15, -0.1) is 10.2 Å². The monoisotopic (exact) mass is 228 g/mol. The van der Waals surface area contributed by atoms with E-state index in [-0.39, 0.29) is 5.91 Å². The van der Waals surface area contributed by atoms with E-state index in [2.05, 4.69) is 15.5 Å². The van der Waals surface area contributed by atoms with Crippen LogP contribution in [0.15, 0.2) is 0 Å². The average molecular weight is 228 g/mol. The molecule has 0 spiro atoms. The molecule has 3 N–H and O–H groups in total. The summed E-state index contributed by atoms with van der Waals surface area (Å²) < 4.78 is 0. The van der Waals surface area contributed by atoms with Gasteiger partial charge in [0.15, 0.2) is 0 Å². The Bertz CT molecular complexity index is 346. The molecule has 1 aromatic rings. The molecular weight excluding hydrogens is 212 g/mol. The van der Waals surface area contributed by atoms with E-state index < -0.39 is 5.54 Å². The van der Waals surface area contributed by atoms with E-state index in [1.165, 1.54) is 11.3 Å². The third kappa shape index (κ3) is 2.73. The molecule has 0 saturated heterocycles. The fourth-order valence-corrected chi connectivity index (χ4v) is 1.73. The molecule has 0 atom stereocenters. The molecule has 1 rings (SSSR count). The van der Waals surface area contributed by atoms with E-state index in [0.717, 1.165) is 5.01 Å². The predicted molar refractivity (Wildman–Crippen MR) is 60.8 cm³/mol. The first-order valence-electron chi connectivity index (χ1n) is 4.92. The summed E-state index contributed by atoms with van der Waals surface area (Å²) in [5, 5.41) is 11.7. The molecule has 0 aliphatic carbocycles. The summed E-state index contributed by atoms with van der Waals surface area (Å²) in [6.07, 6.45) is 1.21. The van der Waals surface area contributed by atoms with Crippen LogP contribution in [0, 0.1) is 6.92 Å². The van der Waals surface area contributed by atoms with Gasteiger partial charge in [0, 0.05) is 0 Å². The first-order chi connectivity index (χ1) is 7.01. The van der Waals surface area contributed by atoms with Crippen LogP contribution < -0.4 is 11.1 Å². The third-order valence-corrected chi connectivity index (χ3v) is 3.21. The van der Waals surface area contributed by atoms with Crippen molar-refractivity contribution >= 4 is 22.4 Å². The van der Waals surface area contributed by atoms with Crippen LogP contribution in [0.2, 0.25) is 0 Å². The summed E-state index contributed by atoms with van der Waals surface area (Å²) >= 11 is 1.34. The lowest BCUT2D eigenvalue weighted by molar-refractivity contribution is -0.121. The lowest BCUT2D eigenvalue weighted by Crippen LogP contribution is -2.50. The summed E-state index contributed by atoms with van der Waals surface area (Å²) in [5.41, 5.74) is 5.13. The number of nitrogens with one attached hydrogen (secondary N) is 1. The highest BCUT2D eigenvalue weighted by atomic mass is 32.1. The Labute approximate surface area is 93.1 Å². The van der Waals surface area contributed by atoms with Gasteiger partial charge in [-0.3, -0.25) is 10.1 Å². The van der Waals surface area contributed by atoms with Gasteiger partial charge in [0.25, 0.3) is 0 Å². The highest BCUT2D eigenvalue weighted by Crippen LogP contribution is 2.18. The van der Waals surface area contributed by atoms with Crippen LogP contribution in [0.25, 0.3) is 0 Å². The number of rotatable bonds is 4. The maximum atomic E-state index is 11.8. The number of amides is 1. The predicted octanol–water partition coefficient (Wildman–Crippen LogP) is 1.30. The van der Waals surface area contributed by atoms with E-state index in [1.54, 1.807) is 0 Å². The van der Waals surface area contributed by atoms with Gasteiger partial charge in [-0.05, 0) is 19.8 Å². The van der Waals surface area contributed by atoms with Crippen LogP contribution in [0.5, 0.6) is 0 Å². The number of hydrogen-bond donors (Lipinski definition) is 2. The number of aryl methyl sites for hydroxylation is 1. The summed E-state index contributed by atoms with van der Waals surface area (Å²) in [6.45, 7) is 5.63. The number of hydrogen-bond acceptors (Lipinski definition) is 5. The topological polar surface area (TPSA) is 80.9 Å². The van der Waals surface area contributed by atoms with Crippen molar-refractivity contribution in [1.29, 1.82) is 0 Å². The Morgan fingerprint density at radius 2 is 2.07 bits per heavy atom. The van der Waals surface area contributed by atoms with Gasteiger partial charge < -0.3 is 5.73 Å². The Morgan fingerprint density at radius 1 is 1.47 bits per heavy atom. The molecule has 0 unspecified atom stereocenters. The Balaban J connectivity index is 2.70. The molecule has 1 aromatic heterocycles. The summed E-state index contributed by atoms with van der Waals surface area (Å²) in [4.78, 5) is 11.8. The van der Waals surface area contributed by atoms with Crippen LogP contribution in [-0.2, 0) is 4.79 Å². The molecule has 0 aromatic carbocycles. The Morgan fingerprint density at radius 3 is 2.47 bits per heavy atom. The molecule has 1 heterocycles. The molecule has 0 aliphatic heterocycles. The van der Waals surface area contributed by atoms with Crippen molar-refractivity contribution in [2.45, 2.75) is 39.2 Å². The zero-order valence-corrected chi connectivity index (χ0v) is 10.0. The molecule has 5 nitrogen and oxygen atoms in total. The lowest BCUT2D eigenvalue weighted by Gasteiger charge is -2.24. The van der Waals surface area contributed by atoms with Crippen LogP contribution in [0.3, 0.4) is 0 Å². The van der Waals surface area contributed by atoms with Gasteiger partial charge in [-0.25, -0.2) is 0 Å². The molecule has 6 heteroatoms. The Hall–Kier alpha value is -1.01. The molecule has 1 amide bonds. The van der Waals surface area contributed by atoms with Crippen molar-refractivity contribution in [3.05, 3.63) is 5.01 Å². The molecule has 84 valence electrons. The average Bonchev–Trinajstić information content (AvgIpc) is 2.62. The first-order valence-corrected chi connectivity index (χ1v) is 5.74. The number of aromatic nitrogens is 2. The van der Waals surface area contributed by atoms with Crippen molar-refractivity contribution in [1.82, 2.24) is 10.2 Å². The van der Waals surface area contributed by atoms with Crippen LogP contribution in [0.1, 0.15) is 31.7 Å². The van der Waals surface area contributed by atoms with Crippen molar-refractivity contribution < 1.29 is 4.79 Å². The SMILES string of the molecule is CCC(N)(CC)C(=O)Nc1nnc(C)s1. The molecule has 0 fully saturated rings. The minimum Gasteiger partial charge on any atom is -0.317 e. The van der Waals surface area contributed by atoms with Gasteiger partial charge in [-0.1, -0.05) is 25.2 Å². The van der Waals surface area contributed by atoms with Gasteiger partial charge in [-0.2, -0.15) is 0 Å². The van der Waals surface area contributed by atoms with Crippen LogP contribution in [-0.4, -0.2) is 21.6 Å². The zero-order valence-electron chi connectivity index (χ0n) is 9.20. The second-order valence-corrected chi connectivity index (χ2v) is 4.63. The van der Waals surface area contributed by atoms with Crippen molar-refractivity contribution in [2.24, 2.45) is 5.73 Å². The quantitative estimate of drug-likeness (QED) is 0.814. The van der Waals surface area contributed by atoms with E-state index >= 15 is 0 Å². The molecular formula is C9H16N4OS. The number of anilines is 1. The van der Waals surface area contributed by atoms with Crippen LogP contribution in [0.4, 0.5) is 5.13 Å². The van der Waals surface area contributed by atoms with Crippen molar-refractivity contribution in [3.8, 4) is 0 Å². The number of carbonyl (C=O) groups excluding carboxylic acids is 1. The van der Waals surface area contributed by atoms with E-state index in [0.29, 0.717) is 18.0 Å². The normalized spacial score (nSPS) is 11.5. The maximum absolute atomic E-state index is 11.8. The van der Waals surface area contributed by atoms with E-state index in [1.807, 2.05) is 20.8 Å². The van der Waals surface area contributed by atoms with E-state index in [4.69, 9.17) is 5.73 Å². The smallest absolute Gasteiger partial charge is 0.246 e. The van der Waals surface area contributed by atoms with Gasteiger partial charge in [0.1, 0.15) is 5.01 Å². The highest BCUT2D eigenvalue weighted by Gasteiger charge is 2.30. The summed E-state index contributed by atoms with van der Waals surface area (Å²) in [7, 11) is 0. The van der Waals surface area contributed by atoms with Crippen molar-refractivity contribution in [2.75, 3.05) is 5.32 Å². The second-order valence-electron chi connectivity index (χ2n) is 3.44. The lowest BCUT2D eigenvalue weighted by atomic mass is 9.93. The molecule has 0 saturated carbocycles. The minimum atomic E-state index is -0.806. The van der Waals surface area contributed by atoms with E-state index in [9.17, 15) is 4.79 Å². The Kier molecular flexibility index (Phi) is 3.76. The van der Waals surface area contributed by atoms with Gasteiger partial charge >= 0.3 is 0 Å². The number of nitrogens with zero attached hydrogens (tertiary/aromatic N) is 2. The molecule has 15 heavy (non-hydrogen) atoms. The van der Waals surface area contributed by atoms with Crippen LogP contribution >= 0.6 is 11.3 Å². The standard InChI is InChI=1S/C9H16N4OS/c1-4-9(10,5-2)7(14)11-8-13-12-6(3)15-8/h4-5,10H2,1-3H3,(H,11,13,14). The molecule has 0 aliphatic rings. The largest absolute Gasteiger partial charge is 0.317 e. The summed E-state index contributed by atoms with van der Waals surface area (Å²) in [6, 6.07) is 0. The highest BCUT2D eigenvalue weighted by molar-refractivity contribution is 7.15. The maximum Gasteiger partial charge on any atom is 0.246 e. The number of nitrogens with two attached hydrogens (primary N) is 1. The second kappa shape index (κ2) is 4.67. The fraction of sp³-hybridized carbons (Fsp3) is 0.667. The molecule has 0 bridgehead atoms. The molecule has 0 radical (unpaired) electrons. The summed E-state index contributed by atoms with van der Waals surface area (Å²) in [5.74, 6) is -0.191. The number of carbonyl (C=O) groups is 1. The minimum absolute atomic E-state index is 0.191. The zero-order chi connectivity index (χ0) is 11.5. The first kappa shape index (κ1) is 12.1. The van der Waals surface area contributed by atoms with Crippen molar-refractivity contribution in [3.63, 3.8) is 0 Å².